The first-order valence-corrected chi connectivity index (χ1v) is 9.86. The van der Waals surface area contributed by atoms with Crippen LogP contribution in [-0.2, 0) is 11.2 Å². The summed E-state index contributed by atoms with van der Waals surface area (Å²) in [6, 6.07) is 18.8. The van der Waals surface area contributed by atoms with Crippen molar-refractivity contribution >= 4 is 17.1 Å². The van der Waals surface area contributed by atoms with E-state index in [4.69, 9.17) is 9.47 Å². The highest BCUT2D eigenvalue weighted by molar-refractivity contribution is 5.86. The Morgan fingerprint density at radius 2 is 1.93 bits per heavy atom. The van der Waals surface area contributed by atoms with Gasteiger partial charge in [0, 0.05) is 29.2 Å². The summed E-state index contributed by atoms with van der Waals surface area (Å²) in [6.07, 6.45) is 2.00. The lowest BCUT2D eigenvalue weighted by atomic mass is 9.92. The summed E-state index contributed by atoms with van der Waals surface area (Å²) in [4.78, 5) is 15.6. The van der Waals surface area contributed by atoms with Crippen LogP contribution < -0.4 is 4.74 Å². The van der Waals surface area contributed by atoms with E-state index >= 15 is 0 Å². The van der Waals surface area contributed by atoms with Gasteiger partial charge in [0.05, 0.1) is 18.3 Å². The van der Waals surface area contributed by atoms with Crippen LogP contribution in [0, 0.1) is 6.92 Å². The zero-order valence-corrected chi connectivity index (χ0v) is 16.4. The molecule has 1 N–H and O–H groups in total. The van der Waals surface area contributed by atoms with Crippen LogP contribution in [0.3, 0.4) is 0 Å². The van der Waals surface area contributed by atoms with E-state index in [0.29, 0.717) is 12.2 Å². The number of hydrogen-bond acceptors (Lipinski definition) is 3. The van der Waals surface area contributed by atoms with Crippen LogP contribution in [0.1, 0.15) is 41.0 Å². The predicted molar refractivity (Wildman–Crippen MR) is 112 cm³/mol. The Morgan fingerprint density at radius 1 is 1.14 bits per heavy atom. The molecule has 5 nitrogen and oxygen atoms in total. The van der Waals surface area contributed by atoms with E-state index in [1.807, 2.05) is 18.3 Å². The highest BCUT2D eigenvalue weighted by Crippen LogP contribution is 2.42. The Morgan fingerprint density at radius 3 is 2.72 bits per heavy atom. The minimum Gasteiger partial charge on any atom is -0.434 e. The van der Waals surface area contributed by atoms with Gasteiger partial charge >= 0.3 is 6.16 Å². The van der Waals surface area contributed by atoms with Crippen molar-refractivity contribution in [3.05, 3.63) is 88.9 Å². The van der Waals surface area contributed by atoms with Crippen molar-refractivity contribution in [2.45, 2.75) is 26.3 Å². The van der Waals surface area contributed by atoms with Gasteiger partial charge in [-0.3, -0.25) is 0 Å². The van der Waals surface area contributed by atoms with E-state index in [9.17, 15) is 4.79 Å². The van der Waals surface area contributed by atoms with Gasteiger partial charge in [-0.15, -0.1) is 0 Å². The third-order valence-corrected chi connectivity index (χ3v) is 5.57. The first kappa shape index (κ1) is 17.6. The number of aromatic amines is 1. The van der Waals surface area contributed by atoms with Gasteiger partial charge in [0.1, 0.15) is 0 Å². The lowest BCUT2D eigenvalue weighted by Gasteiger charge is -2.28. The number of benzene rings is 2. The van der Waals surface area contributed by atoms with Crippen LogP contribution in [0.5, 0.6) is 5.75 Å². The van der Waals surface area contributed by atoms with Crippen molar-refractivity contribution in [1.29, 1.82) is 0 Å². The highest BCUT2D eigenvalue weighted by atomic mass is 16.7. The maximum absolute atomic E-state index is 11.9. The standard InChI is InChI=1S/C24H22N2O3/c1-3-28-24(27)29-21-12-13-26-20(21)14-18-17-6-4-5-7-19(17)25-22(18)23(26)16-10-8-15(2)9-11-16/h4-13,23,25H,3,14H2,1-2H3. The number of nitrogens with one attached hydrogen (secondary N) is 1. The zero-order chi connectivity index (χ0) is 20.0. The Kier molecular flexibility index (Phi) is 4.16. The van der Waals surface area contributed by atoms with Gasteiger partial charge in [-0.25, -0.2) is 4.79 Å². The minimum atomic E-state index is -0.668. The molecule has 5 rings (SSSR count). The van der Waals surface area contributed by atoms with Crippen molar-refractivity contribution in [3.8, 4) is 5.75 Å². The number of rotatable bonds is 3. The van der Waals surface area contributed by atoms with E-state index in [-0.39, 0.29) is 12.6 Å². The Bertz CT molecular complexity index is 1200. The first-order chi connectivity index (χ1) is 14.2. The van der Waals surface area contributed by atoms with Gasteiger partial charge in [0.2, 0.25) is 0 Å². The summed E-state index contributed by atoms with van der Waals surface area (Å²) in [5.74, 6) is 0.552. The number of fused-ring (bicyclic) bond motifs is 4. The van der Waals surface area contributed by atoms with Gasteiger partial charge in [-0.1, -0.05) is 48.0 Å². The first-order valence-electron chi connectivity index (χ1n) is 9.86. The number of hydrogen-bond donors (Lipinski definition) is 1. The summed E-state index contributed by atoms with van der Waals surface area (Å²) < 4.78 is 12.7. The summed E-state index contributed by atoms with van der Waals surface area (Å²) in [5.41, 5.74) is 6.92. The van der Waals surface area contributed by atoms with Gasteiger partial charge in [-0.2, -0.15) is 0 Å². The summed E-state index contributed by atoms with van der Waals surface area (Å²) >= 11 is 0. The molecule has 0 aliphatic carbocycles. The zero-order valence-electron chi connectivity index (χ0n) is 16.4. The number of carbonyl (C=O) groups is 1. The summed E-state index contributed by atoms with van der Waals surface area (Å²) in [6.45, 7) is 4.14. The quantitative estimate of drug-likeness (QED) is 0.425. The van der Waals surface area contributed by atoms with Crippen LogP contribution in [0.15, 0.2) is 60.8 Å². The minimum absolute atomic E-state index is 0.0127. The average Bonchev–Trinajstić information content (AvgIpc) is 3.29. The molecule has 1 aliphatic heterocycles. The van der Waals surface area contributed by atoms with E-state index in [0.717, 1.165) is 11.2 Å². The van der Waals surface area contributed by atoms with Crippen molar-refractivity contribution in [2.24, 2.45) is 0 Å². The molecule has 5 heteroatoms. The number of carbonyl (C=O) groups excluding carboxylic acids is 1. The lowest BCUT2D eigenvalue weighted by Crippen LogP contribution is -2.21. The second-order valence-electron chi connectivity index (χ2n) is 7.37. The fraction of sp³-hybridized carbons (Fsp3) is 0.208. The second-order valence-corrected chi connectivity index (χ2v) is 7.37. The molecular weight excluding hydrogens is 364 g/mol. The number of aromatic nitrogens is 2. The molecule has 2 aromatic carbocycles. The summed E-state index contributed by atoms with van der Waals surface area (Å²) in [7, 11) is 0. The van der Waals surface area contributed by atoms with E-state index in [1.165, 1.54) is 27.8 Å². The molecular formula is C24H22N2O3. The van der Waals surface area contributed by atoms with Crippen LogP contribution in [0.2, 0.25) is 0 Å². The van der Waals surface area contributed by atoms with E-state index < -0.39 is 6.16 Å². The van der Waals surface area contributed by atoms with Crippen LogP contribution in [0.25, 0.3) is 10.9 Å². The van der Waals surface area contributed by atoms with Gasteiger partial charge in [-0.05, 0) is 37.1 Å². The molecule has 3 heterocycles. The van der Waals surface area contributed by atoms with Crippen LogP contribution in [0.4, 0.5) is 4.79 Å². The average molecular weight is 386 g/mol. The smallest absolute Gasteiger partial charge is 0.434 e. The highest BCUT2D eigenvalue weighted by Gasteiger charge is 2.32. The molecule has 2 aromatic heterocycles. The maximum atomic E-state index is 11.9. The molecule has 1 atom stereocenters. The van der Waals surface area contributed by atoms with E-state index in [1.54, 1.807) is 6.92 Å². The molecule has 4 aromatic rings. The molecule has 1 unspecified atom stereocenters. The van der Waals surface area contributed by atoms with Gasteiger partial charge in [0.25, 0.3) is 0 Å². The lowest BCUT2D eigenvalue weighted by molar-refractivity contribution is 0.104. The SMILES string of the molecule is CCOC(=O)Oc1ccn2c1Cc1c([nH]c3ccccc13)C2c1ccc(C)cc1. The molecule has 0 bridgehead atoms. The van der Waals surface area contributed by atoms with Gasteiger partial charge < -0.3 is 19.0 Å². The third kappa shape index (κ3) is 2.90. The van der Waals surface area contributed by atoms with Crippen LogP contribution >= 0.6 is 0 Å². The van der Waals surface area contributed by atoms with Crippen LogP contribution in [-0.4, -0.2) is 22.3 Å². The molecule has 0 amide bonds. The topological polar surface area (TPSA) is 56.2 Å². The van der Waals surface area contributed by atoms with Crippen molar-refractivity contribution in [3.63, 3.8) is 0 Å². The summed E-state index contributed by atoms with van der Waals surface area (Å²) in [5, 5.41) is 1.20. The number of aryl methyl sites for hydroxylation is 1. The second kappa shape index (κ2) is 6.85. The Balaban J connectivity index is 1.68. The van der Waals surface area contributed by atoms with Crippen molar-refractivity contribution in [2.75, 3.05) is 6.61 Å². The fourth-order valence-corrected chi connectivity index (χ4v) is 4.24. The number of ether oxygens (including phenoxy) is 2. The fourth-order valence-electron chi connectivity index (χ4n) is 4.24. The van der Waals surface area contributed by atoms with Crippen molar-refractivity contribution < 1.29 is 14.3 Å². The largest absolute Gasteiger partial charge is 0.513 e. The molecule has 0 fully saturated rings. The molecule has 29 heavy (non-hydrogen) atoms. The van der Waals surface area contributed by atoms with Gasteiger partial charge in [0.15, 0.2) is 5.75 Å². The number of nitrogens with zero attached hydrogens (tertiary/aromatic N) is 1. The molecule has 1 aliphatic rings. The Hall–Kier alpha value is -3.47. The Labute approximate surface area is 168 Å². The number of para-hydroxylation sites is 1. The molecule has 0 saturated heterocycles. The third-order valence-electron chi connectivity index (χ3n) is 5.57. The monoisotopic (exact) mass is 386 g/mol. The van der Waals surface area contributed by atoms with E-state index in [2.05, 4.69) is 58.9 Å². The predicted octanol–water partition coefficient (Wildman–Crippen LogP) is 5.36. The molecule has 146 valence electrons. The normalized spacial score (nSPS) is 15.0. The number of H-pyrrole nitrogens is 1. The molecule has 0 spiro atoms. The maximum Gasteiger partial charge on any atom is 0.513 e. The van der Waals surface area contributed by atoms with Crippen molar-refractivity contribution in [1.82, 2.24) is 9.55 Å². The molecule has 0 radical (unpaired) electrons. The molecule has 0 saturated carbocycles.